The highest BCUT2D eigenvalue weighted by Crippen LogP contribution is 2.33. The molecule has 1 saturated heterocycles. The standard InChI is InChI=1S/C22H23N5O5/c1-4-32-15-8-6-14(7-9-15)27-21(29)19-20(22(27)30)26(25-24-19)12-18(28)23-16-11-13(2)5-10-17(16)31-3/h5-11,19-20H,4,12H2,1-3H3,(H,23,28)/t19-,20+/m1/s1. The minimum Gasteiger partial charge on any atom is -0.495 e. The number of methoxy groups -OCH3 is 1. The van der Waals surface area contributed by atoms with E-state index in [1.807, 2.05) is 19.9 Å². The molecule has 2 aliphatic heterocycles. The van der Waals surface area contributed by atoms with Gasteiger partial charge in [0, 0.05) is 0 Å². The molecule has 166 valence electrons. The van der Waals surface area contributed by atoms with Gasteiger partial charge in [-0.25, -0.2) is 4.90 Å². The minimum atomic E-state index is -0.977. The summed E-state index contributed by atoms with van der Waals surface area (Å²) in [5.74, 6) is -0.210. The summed E-state index contributed by atoms with van der Waals surface area (Å²) < 4.78 is 10.7. The van der Waals surface area contributed by atoms with Gasteiger partial charge in [-0.1, -0.05) is 11.3 Å². The van der Waals surface area contributed by atoms with Gasteiger partial charge >= 0.3 is 0 Å². The third-order valence-electron chi connectivity index (χ3n) is 5.20. The Balaban J connectivity index is 1.47. The van der Waals surface area contributed by atoms with E-state index in [2.05, 4.69) is 15.7 Å². The summed E-state index contributed by atoms with van der Waals surface area (Å²) in [6, 6.07) is 10.1. The molecule has 2 aromatic carbocycles. The van der Waals surface area contributed by atoms with Gasteiger partial charge in [-0.05, 0) is 55.8 Å². The van der Waals surface area contributed by atoms with E-state index in [1.54, 1.807) is 36.4 Å². The first-order valence-corrected chi connectivity index (χ1v) is 10.2. The molecule has 0 unspecified atom stereocenters. The zero-order chi connectivity index (χ0) is 22.8. The molecular weight excluding hydrogens is 414 g/mol. The molecule has 4 rings (SSSR count). The molecule has 0 saturated carbocycles. The van der Waals surface area contributed by atoms with Crippen molar-refractivity contribution in [1.82, 2.24) is 5.01 Å². The van der Waals surface area contributed by atoms with Crippen molar-refractivity contribution in [3.63, 3.8) is 0 Å². The van der Waals surface area contributed by atoms with Crippen LogP contribution in [-0.4, -0.2) is 55.1 Å². The van der Waals surface area contributed by atoms with E-state index in [0.717, 1.165) is 10.5 Å². The highest BCUT2D eigenvalue weighted by atomic mass is 16.5. The molecule has 0 bridgehead atoms. The molecule has 0 radical (unpaired) electrons. The molecule has 2 aliphatic rings. The third kappa shape index (κ3) is 3.86. The van der Waals surface area contributed by atoms with E-state index in [9.17, 15) is 14.4 Å². The maximum Gasteiger partial charge on any atom is 0.263 e. The number of amides is 3. The van der Waals surface area contributed by atoms with E-state index in [0.29, 0.717) is 29.5 Å². The third-order valence-corrected chi connectivity index (χ3v) is 5.20. The summed E-state index contributed by atoms with van der Waals surface area (Å²) in [5, 5.41) is 11.9. The highest BCUT2D eigenvalue weighted by molar-refractivity contribution is 6.25. The highest BCUT2D eigenvalue weighted by Gasteiger charge is 2.55. The van der Waals surface area contributed by atoms with Crippen molar-refractivity contribution in [2.75, 3.05) is 30.5 Å². The van der Waals surface area contributed by atoms with Crippen LogP contribution in [0.15, 0.2) is 52.8 Å². The van der Waals surface area contributed by atoms with Crippen LogP contribution in [0.4, 0.5) is 11.4 Å². The smallest absolute Gasteiger partial charge is 0.263 e. The second-order valence-corrected chi connectivity index (χ2v) is 7.38. The van der Waals surface area contributed by atoms with Crippen LogP contribution >= 0.6 is 0 Å². The number of rotatable bonds is 7. The Bertz CT molecular complexity index is 1080. The number of anilines is 2. The number of hydrogen-bond acceptors (Lipinski definition) is 8. The maximum atomic E-state index is 13.1. The van der Waals surface area contributed by atoms with E-state index in [-0.39, 0.29) is 6.54 Å². The number of aryl methyl sites for hydroxylation is 1. The number of carbonyl (C=O) groups excluding carboxylic acids is 3. The fourth-order valence-electron chi connectivity index (χ4n) is 3.72. The normalized spacial score (nSPS) is 19.3. The fourth-order valence-corrected chi connectivity index (χ4v) is 3.72. The number of benzene rings is 2. The Hall–Kier alpha value is -3.95. The zero-order valence-corrected chi connectivity index (χ0v) is 17.9. The average Bonchev–Trinajstić information content (AvgIpc) is 3.29. The Labute approximate surface area is 184 Å². The maximum absolute atomic E-state index is 13.1. The Morgan fingerprint density at radius 3 is 2.56 bits per heavy atom. The van der Waals surface area contributed by atoms with Crippen LogP contribution in [-0.2, 0) is 14.4 Å². The molecule has 1 fully saturated rings. The zero-order valence-electron chi connectivity index (χ0n) is 17.9. The SMILES string of the molecule is CCOc1ccc(N2C(=O)[C@@H]3[C@@H](N=NN3CC(=O)Nc3cc(C)ccc3OC)C2=O)cc1. The topological polar surface area (TPSA) is 113 Å². The monoisotopic (exact) mass is 437 g/mol. The molecule has 0 spiro atoms. The number of imide groups is 1. The summed E-state index contributed by atoms with van der Waals surface area (Å²) in [5.41, 5.74) is 1.88. The minimum absolute atomic E-state index is 0.238. The fraction of sp³-hybridized carbons (Fsp3) is 0.318. The van der Waals surface area contributed by atoms with Gasteiger partial charge in [-0.15, -0.1) is 0 Å². The summed E-state index contributed by atoms with van der Waals surface area (Å²) in [6.45, 7) is 4.04. The van der Waals surface area contributed by atoms with Crippen molar-refractivity contribution in [3.05, 3.63) is 48.0 Å². The quantitative estimate of drug-likeness (QED) is 0.666. The van der Waals surface area contributed by atoms with Gasteiger partial charge in [-0.2, -0.15) is 5.11 Å². The summed E-state index contributed by atoms with van der Waals surface area (Å²) in [7, 11) is 1.51. The molecule has 1 N–H and O–H groups in total. The van der Waals surface area contributed by atoms with Crippen LogP contribution in [0.5, 0.6) is 11.5 Å². The van der Waals surface area contributed by atoms with E-state index < -0.39 is 29.8 Å². The van der Waals surface area contributed by atoms with Crippen molar-refractivity contribution in [3.8, 4) is 11.5 Å². The Kier molecular flexibility index (Phi) is 5.76. The van der Waals surface area contributed by atoms with Crippen molar-refractivity contribution in [2.24, 2.45) is 10.3 Å². The largest absolute Gasteiger partial charge is 0.495 e. The Morgan fingerprint density at radius 1 is 1.12 bits per heavy atom. The Morgan fingerprint density at radius 2 is 1.88 bits per heavy atom. The molecule has 2 aromatic rings. The first kappa shape index (κ1) is 21.3. The molecule has 10 nitrogen and oxygen atoms in total. The van der Waals surface area contributed by atoms with Crippen molar-refractivity contribution in [2.45, 2.75) is 25.9 Å². The molecule has 3 amide bonds. The van der Waals surface area contributed by atoms with Crippen LogP contribution in [0.3, 0.4) is 0 Å². The van der Waals surface area contributed by atoms with Gasteiger partial charge in [0.1, 0.15) is 18.0 Å². The second kappa shape index (κ2) is 8.66. The molecule has 2 heterocycles. The van der Waals surface area contributed by atoms with E-state index >= 15 is 0 Å². The van der Waals surface area contributed by atoms with Crippen LogP contribution < -0.4 is 19.7 Å². The van der Waals surface area contributed by atoms with Gasteiger partial charge in [0.2, 0.25) is 5.91 Å². The number of nitrogens with zero attached hydrogens (tertiary/aromatic N) is 4. The van der Waals surface area contributed by atoms with Crippen molar-refractivity contribution in [1.29, 1.82) is 0 Å². The van der Waals surface area contributed by atoms with E-state index in [1.165, 1.54) is 12.1 Å². The number of hydrogen-bond donors (Lipinski definition) is 1. The number of nitrogens with one attached hydrogen (secondary N) is 1. The van der Waals surface area contributed by atoms with Gasteiger partial charge < -0.3 is 14.8 Å². The van der Waals surface area contributed by atoms with Crippen LogP contribution in [0, 0.1) is 6.92 Å². The summed E-state index contributed by atoms with van der Waals surface area (Å²) in [4.78, 5) is 39.6. The number of ether oxygens (including phenoxy) is 2. The number of fused-ring (bicyclic) bond motifs is 1. The predicted octanol–water partition coefficient (Wildman–Crippen LogP) is 2.33. The van der Waals surface area contributed by atoms with Gasteiger partial charge in [-0.3, -0.25) is 19.4 Å². The van der Waals surface area contributed by atoms with Gasteiger partial charge in [0.25, 0.3) is 11.8 Å². The second-order valence-electron chi connectivity index (χ2n) is 7.38. The lowest BCUT2D eigenvalue weighted by Gasteiger charge is -2.20. The van der Waals surface area contributed by atoms with Crippen molar-refractivity contribution < 1.29 is 23.9 Å². The molecular formula is C22H23N5O5. The lowest BCUT2D eigenvalue weighted by Crippen LogP contribution is -2.43. The van der Waals surface area contributed by atoms with Crippen LogP contribution in [0.25, 0.3) is 0 Å². The van der Waals surface area contributed by atoms with Crippen LogP contribution in [0.1, 0.15) is 12.5 Å². The first-order chi connectivity index (χ1) is 15.4. The molecule has 0 aromatic heterocycles. The number of carbonyl (C=O) groups is 3. The van der Waals surface area contributed by atoms with E-state index in [4.69, 9.17) is 9.47 Å². The summed E-state index contributed by atoms with van der Waals surface area (Å²) in [6.07, 6.45) is 0. The predicted molar refractivity (Wildman–Crippen MR) is 116 cm³/mol. The first-order valence-electron chi connectivity index (χ1n) is 10.2. The average molecular weight is 437 g/mol. The van der Waals surface area contributed by atoms with Crippen LogP contribution in [0.2, 0.25) is 0 Å². The molecule has 0 aliphatic carbocycles. The van der Waals surface area contributed by atoms with Gasteiger partial charge in [0.05, 0.1) is 25.1 Å². The van der Waals surface area contributed by atoms with Crippen molar-refractivity contribution >= 4 is 29.1 Å². The lowest BCUT2D eigenvalue weighted by atomic mass is 10.1. The molecule has 2 atom stereocenters. The summed E-state index contributed by atoms with van der Waals surface area (Å²) >= 11 is 0. The molecule has 10 heteroatoms. The van der Waals surface area contributed by atoms with Gasteiger partial charge in [0.15, 0.2) is 12.1 Å². The lowest BCUT2D eigenvalue weighted by molar-refractivity contribution is -0.123. The molecule has 32 heavy (non-hydrogen) atoms.